The van der Waals surface area contributed by atoms with E-state index in [0.717, 1.165) is 12.8 Å². The number of hydrogen-bond acceptors (Lipinski definition) is 3. The minimum absolute atomic E-state index is 0.319. The summed E-state index contributed by atoms with van der Waals surface area (Å²) in [5.74, 6) is 0. The van der Waals surface area contributed by atoms with Crippen LogP contribution < -0.4 is 0 Å². The molecule has 1 rings (SSSR count). The topological polar surface area (TPSA) is 38.7 Å². The Morgan fingerprint density at radius 1 is 1.38 bits per heavy atom. The predicted octanol–water partition coefficient (Wildman–Crippen LogP) is 0.0893. The second kappa shape index (κ2) is 3.02. The van der Waals surface area contributed by atoms with E-state index in [4.69, 9.17) is 5.11 Å². The van der Waals surface area contributed by atoms with Crippen molar-refractivity contribution in [2.45, 2.75) is 18.9 Å². The Hall–Kier alpha value is -0.120. The summed E-state index contributed by atoms with van der Waals surface area (Å²) in [4.78, 5) is 9.16. The molecule has 1 aliphatic rings. The van der Waals surface area contributed by atoms with Crippen LogP contribution in [0.15, 0.2) is 0 Å². The first-order valence-corrected chi connectivity index (χ1v) is 2.82. The average Bonchev–Trinajstić information content (AvgIpc) is 1.94. The van der Waals surface area contributed by atoms with Gasteiger partial charge >= 0.3 is 0 Å². The minimum atomic E-state index is -0.322. The van der Waals surface area contributed by atoms with Crippen LogP contribution in [0, 0.1) is 0 Å². The van der Waals surface area contributed by atoms with Crippen LogP contribution >= 0.6 is 0 Å². The zero-order valence-electron chi connectivity index (χ0n) is 4.67. The molecule has 0 amide bonds. The van der Waals surface area contributed by atoms with E-state index in [1.807, 2.05) is 0 Å². The van der Waals surface area contributed by atoms with Gasteiger partial charge in [-0.3, -0.25) is 0 Å². The molecule has 8 heavy (non-hydrogen) atoms. The minimum Gasteiger partial charge on any atom is -0.391 e. The van der Waals surface area contributed by atoms with Crippen LogP contribution in [0.5, 0.6) is 0 Å². The number of aliphatic hydroxyl groups excluding tert-OH is 1. The summed E-state index contributed by atoms with van der Waals surface area (Å²) < 4.78 is 0. The van der Waals surface area contributed by atoms with E-state index < -0.39 is 0 Å². The molecule has 0 aromatic heterocycles. The van der Waals surface area contributed by atoms with Gasteiger partial charge in [-0.05, 0) is 12.8 Å². The fourth-order valence-corrected chi connectivity index (χ4v) is 0.647. The molecule has 1 aliphatic heterocycles. The van der Waals surface area contributed by atoms with E-state index in [2.05, 4.69) is 9.78 Å². The highest BCUT2D eigenvalue weighted by molar-refractivity contribution is 4.53. The molecule has 0 bridgehead atoms. The molecule has 1 heterocycles. The molecule has 0 radical (unpaired) electrons. The van der Waals surface area contributed by atoms with Gasteiger partial charge in [0.15, 0.2) is 0 Å². The highest BCUT2D eigenvalue weighted by atomic mass is 17.2. The van der Waals surface area contributed by atoms with Crippen LogP contribution in [0.4, 0.5) is 0 Å². The fraction of sp³-hybridized carbons (Fsp3) is 1.00. The molecule has 3 heteroatoms. The molecule has 0 aromatic rings. The van der Waals surface area contributed by atoms with Crippen molar-refractivity contribution in [3.05, 3.63) is 0 Å². The van der Waals surface area contributed by atoms with Gasteiger partial charge in [-0.2, -0.15) is 0 Å². The number of rotatable bonds is 0. The Balaban J connectivity index is 2.17. The fourth-order valence-electron chi connectivity index (χ4n) is 0.647. The predicted molar refractivity (Wildman–Crippen MR) is 27.1 cm³/mol. The summed E-state index contributed by atoms with van der Waals surface area (Å²) in [5.41, 5.74) is 0. The van der Waals surface area contributed by atoms with Crippen LogP contribution in [0.2, 0.25) is 0 Å². The molecule has 0 aromatic carbocycles. The monoisotopic (exact) mass is 118 g/mol. The summed E-state index contributed by atoms with van der Waals surface area (Å²) in [6.45, 7) is 0.928. The number of aliphatic hydroxyl groups is 1. The van der Waals surface area contributed by atoms with E-state index in [0.29, 0.717) is 13.2 Å². The smallest absolute Gasteiger partial charge is 0.108 e. The molecular formula is C5H10O3. The van der Waals surface area contributed by atoms with Crippen molar-refractivity contribution >= 4 is 0 Å². The molecule has 1 unspecified atom stereocenters. The van der Waals surface area contributed by atoms with E-state index in [1.54, 1.807) is 0 Å². The van der Waals surface area contributed by atoms with E-state index in [1.165, 1.54) is 0 Å². The molecule has 48 valence electrons. The Morgan fingerprint density at radius 2 is 2.25 bits per heavy atom. The first-order chi connectivity index (χ1) is 3.89. The maximum Gasteiger partial charge on any atom is 0.108 e. The van der Waals surface area contributed by atoms with Gasteiger partial charge in [0.25, 0.3) is 0 Å². The lowest BCUT2D eigenvalue weighted by atomic mass is 10.2. The van der Waals surface area contributed by atoms with Crippen LogP contribution in [0.25, 0.3) is 0 Å². The normalized spacial score (nSPS) is 31.9. The third kappa shape index (κ3) is 1.78. The van der Waals surface area contributed by atoms with E-state index in [-0.39, 0.29) is 6.10 Å². The SMILES string of the molecule is OC1CCCOOC1. The lowest BCUT2D eigenvalue weighted by Crippen LogP contribution is -2.10. The van der Waals surface area contributed by atoms with Crippen molar-refractivity contribution in [2.75, 3.05) is 13.2 Å². The van der Waals surface area contributed by atoms with Crippen molar-refractivity contribution in [1.82, 2.24) is 0 Å². The van der Waals surface area contributed by atoms with Crippen molar-refractivity contribution in [3.63, 3.8) is 0 Å². The summed E-state index contributed by atoms with van der Waals surface area (Å²) in [5, 5.41) is 8.88. The second-order valence-electron chi connectivity index (χ2n) is 1.90. The van der Waals surface area contributed by atoms with Crippen LogP contribution in [0.3, 0.4) is 0 Å². The van der Waals surface area contributed by atoms with Crippen LogP contribution in [-0.2, 0) is 9.78 Å². The third-order valence-electron chi connectivity index (χ3n) is 1.11. The Kier molecular flexibility index (Phi) is 2.27. The molecule has 0 aliphatic carbocycles. The zero-order valence-corrected chi connectivity index (χ0v) is 4.67. The van der Waals surface area contributed by atoms with Gasteiger partial charge in [0.1, 0.15) is 6.61 Å². The van der Waals surface area contributed by atoms with Crippen molar-refractivity contribution in [2.24, 2.45) is 0 Å². The highest BCUT2D eigenvalue weighted by Crippen LogP contribution is 2.02. The molecule has 1 saturated heterocycles. The van der Waals surface area contributed by atoms with Crippen LogP contribution in [-0.4, -0.2) is 24.4 Å². The zero-order chi connectivity index (χ0) is 5.82. The summed E-state index contributed by atoms with van der Waals surface area (Å²) in [6.07, 6.45) is 1.36. The standard InChI is InChI=1S/C5H10O3/c6-5-2-1-3-7-8-4-5/h5-6H,1-4H2. The van der Waals surface area contributed by atoms with Gasteiger partial charge in [0, 0.05) is 0 Å². The van der Waals surface area contributed by atoms with Crippen molar-refractivity contribution < 1.29 is 14.9 Å². The quantitative estimate of drug-likeness (QED) is 0.458. The van der Waals surface area contributed by atoms with Gasteiger partial charge < -0.3 is 5.11 Å². The molecule has 1 N–H and O–H groups in total. The Bertz CT molecular complexity index is 56.7. The molecule has 3 nitrogen and oxygen atoms in total. The Morgan fingerprint density at radius 3 is 3.12 bits per heavy atom. The lowest BCUT2D eigenvalue weighted by Gasteiger charge is -2.00. The summed E-state index contributed by atoms with van der Waals surface area (Å²) in [7, 11) is 0. The highest BCUT2D eigenvalue weighted by Gasteiger charge is 2.07. The molecule has 1 atom stereocenters. The largest absolute Gasteiger partial charge is 0.391 e. The van der Waals surface area contributed by atoms with Crippen molar-refractivity contribution in [3.8, 4) is 0 Å². The van der Waals surface area contributed by atoms with Gasteiger partial charge in [-0.1, -0.05) is 0 Å². The van der Waals surface area contributed by atoms with Gasteiger partial charge in [0.2, 0.25) is 0 Å². The van der Waals surface area contributed by atoms with Gasteiger partial charge in [-0.15, -0.1) is 0 Å². The summed E-state index contributed by atoms with van der Waals surface area (Å²) >= 11 is 0. The molecule has 0 saturated carbocycles. The second-order valence-corrected chi connectivity index (χ2v) is 1.90. The molecular weight excluding hydrogens is 108 g/mol. The maximum atomic E-state index is 8.88. The summed E-state index contributed by atoms with van der Waals surface area (Å²) in [6, 6.07) is 0. The first-order valence-electron chi connectivity index (χ1n) is 2.82. The number of hydrogen-bond donors (Lipinski definition) is 1. The third-order valence-corrected chi connectivity index (χ3v) is 1.11. The average molecular weight is 118 g/mol. The molecule has 1 fully saturated rings. The van der Waals surface area contributed by atoms with Crippen molar-refractivity contribution in [1.29, 1.82) is 0 Å². The van der Waals surface area contributed by atoms with E-state index in [9.17, 15) is 0 Å². The lowest BCUT2D eigenvalue weighted by molar-refractivity contribution is -0.295. The van der Waals surface area contributed by atoms with Gasteiger partial charge in [0.05, 0.1) is 12.7 Å². The first kappa shape index (κ1) is 6.01. The van der Waals surface area contributed by atoms with Crippen LogP contribution in [0.1, 0.15) is 12.8 Å². The maximum absolute atomic E-state index is 8.88. The Labute approximate surface area is 48.1 Å². The van der Waals surface area contributed by atoms with Gasteiger partial charge in [-0.25, -0.2) is 9.78 Å². The van der Waals surface area contributed by atoms with E-state index >= 15 is 0 Å². The molecule has 0 spiro atoms.